The molecule has 6 nitrogen and oxygen atoms in total. The van der Waals surface area contributed by atoms with Gasteiger partial charge in [0.1, 0.15) is 11.5 Å². The number of rotatable bonds is 7. The molecule has 0 fully saturated rings. The maximum absolute atomic E-state index is 12.9. The second kappa shape index (κ2) is 9.02. The normalized spacial score (nSPS) is 10.9. The first kappa shape index (κ1) is 20.6. The number of nitrogens with zero attached hydrogens (tertiary/aromatic N) is 2. The molecule has 0 unspecified atom stereocenters. The fraction of sp³-hybridized carbons (Fsp3) is 0.200. The van der Waals surface area contributed by atoms with Crippen molar-refractivity contribution in [1.29, 1.82) is 0 Å². The van der Waals surface area contributed by atoms with E-state index >= 15 is 0 Å². The zero-order valence-corrected chi connectivity index (χ0v) is 17.9. The molecule has 0 radical (unpaired) electrons. The van der Waals surface area contributed by atoms with Crippen LogP contribution in [-0.2, 0) is 11.3 Å². The lowest BCUT2D eigenvalue weighted by Gasteiger charge is -2.10. The second-order valence-electron chi connectivity index (χ2n) is 7.35. The van der Waals surface area contributed by atoms with E-state index in [9.17, 15) is 4.79 Å². The van der Waals surface area contributed by atoms with Crippen LogP contribution in [0.25, 0.3) is 10.9 Å². The summed E-state index contributed by atoms with van der Waals surface area (Å²) in [4.78, 5) is 16.9. The van der Waals surface area contributed by atoms with Crippen molar-refractivity contribution >= 4 is 22.5 Å². The van der Waals surface area contributed by atoms with E-state index in [-0.39, 0.29) is 5.91 Å². The van der Waals surface area contributed by atoms with Gasteiger partial charge in [-0.3, -0.25) is 9.78 Å². The molecule has 1 amide bonds. The number of fused-ring (bicyclic) bond motifs is 1. The first-order chi connectivity index (χ1) is 15.1. The van der Waals surface area contributed by atoms with Crippen molar-refractivity contribution < 1.29 is 14.3 Å². The first-order valence-corrected chi connectivity index (χ1v) is 10.1. The first-order valence-electron chi connectivity index (χ1n) is 10.1. The summed E-state index contributed by atoms with van der Waals surface area (Å²) in [5.41, 5.74) is 4.75. The van der Waals surface area contributed by atoms with Crippen LogP contribution in [0.2, 0.25) is 0 Å². The van der Waals surface area contributed by atoms with Gasteiger partial charge in [-0.2, -0.15) is 0 Å². The number of amides is 1. The van der Waals surface area contributed by atoms with Gasteiger partial charge in [-0.05, 0) is 61.9 Å². The number of anilines is 1. The maximum atomic E-state index is 12.9. The number of carbonyl (C=O) groups is 1. The van der Waals surface area contributed by atoms with Crippen LogP contribution in [0.1, 0.15) is 21.6 Å². The van der Waals surface area contributed by atoms with Gasteiger partial charge in [-0.1, -0.05) is 6.07 Å². The van der Waals surface area contributed by atoms with E-state index in [2.05, 4.69) is 28.7 Å². The summed E-state index contributed by atoms with van der Waals surface area (Å²) < 4.78 is 13.3. The molecule has 0 aliphatic rings. The third kappa shape index (κ3) is 4.44. The zero-order valence-electron chi connectivity index (χ0n) is 17.9. The molecule has 0 aliphatic heterocycles. The van der Waals surface area contributed by atoms with Crippen LogP contribution in [0, 0.1) is 13.8 Å². The van der Waals surface area contributed by atoms with E-state index in [4.69, 9.17) is 9.47 Å². The van der Waals surface area contributed by atoms with Gasteiger partial charge in [-0.15, -0.1) is 0 Å². The standard InChI is InChI=1S/C25H25N3O3/c1-17-18(2)28(13-14-30-3)24-8-7-19(15-23(17)24)25(29)27-20-5-4-6-22(16-20)31-21-9-11-26-12-10-21/h4-12,15-16H,13-14H2,1-3H3,(H,27,29). The number of ether oxygens (including phenoxy) is 2. The highest BCUT2D eigenvalue weighted by Gasteiger charge is 2.14. The Bertz CT molecular complexity index is 1220. The van der Waals surface area contributed by atoms with E-state index in [0.717, 1.165) is 17.4 Å². The third-order valence-corrected chi connectivity index (χ3v) is 5.40. The molecule has 2 aromatic carbocycles. The smallest absolute Gasteiger partial charge is 0.255 e. The van der Waals surface area contributed by atoms with Crippen LogP contribution >= 0.6 is 0 Å². The highest BCUT2D eigenvalue weighted by atomic mass is 16.5. The third-order valence-electron chi connectivity index (χ3n) is 5.40. The van der Waals surface area contributed by atoms with Crippen molar-refractivity contribution in [2.24, 2.45) is 0 Å². The van der Waals surface area contributed by atoms with Crippen LogP contribution < -0.4 is 10.1 Å². The minimum Gasteiger partial charge on any atom is -0.457 e. The van der Waals surface area contributed by atoms with Crippen molar-refractivity contribution in [2.75, 3.05) is 19.0 Å². The predicted molar refractivity (Wildman–Crippen MR) is 122 cm³/mol. The largest absolute Gasteiger partial charge is 0.457 e. The number of aryl methyl sites for hydroxylation is 1. The number of hydrogen-bond donors (Lipinski definition) is 1. The highest BCUT2D eigenvalue weighted by molar-refractivity contribution is 6.06. The number of benzene rings is 2. The number of hydrogen-bond acceptors (Lipinski definition) is 4. The summed E-state index contributed by atoms with van der Waals surface area (Å²) in [7, 11) is 1.70. The molecule has 0 aliphatic carbocycles. The number of nitrogens with one attached hydrogen (secondary N) is 1. The number of carbonyl (C=O) groups excluding carboxylic acids is 1. The molecule has 6 heteroatoms. The van der Waals surface area contributed by atoms with Crippen LogP contribution in [-0.4, -0.2) is 29.2 Å². The molecule has 0 atom stereocenters. The second-order valence-corrected chi connectivity index (χ2v) is 7.35. The van der Waals surface area contributed by atoms with Crippen molar-refractivity contribution in [3.05, 3.63) is 83.8 Å². The Kier molecular flexibility index (Phi) is 6.00. The Morgan fingerprint density at radius 2 is 1.84 bits per heavy atom. The summed E-state index contributed by atoms with van der Waals surface area (Å²) in [6.07, 6.45) is 3.34. The molecule has 0 saturated carbocycles. The molecule has 4 aromatic rings. The fourth-order valence-electron chi connectivity index (χ4n) is 3.64. The van der Waals surface area contributed by atoms with Crippen molar-refractivity contribution in [3.63, 3.8) is 0 Å². The quantitative estimate of drug-likeness (QED) is 0.442. The monoisotopic (exact) mass is 415 g/mol. The Balaban J connectivity index is 1.55. The minimum atomic E-state index is -0.162. The molecule has 158 valence electrons. The van der Waals surface area contributed by atoms with E-state index in [1.807, 2.05) is 36.4 Å². The summed E-state index contributed by atoms with van der Waals surface area (Å²) in [5.74, 6) is 1.17. The average molecular weight is 415 g/mol. The lowest BCUT2D eigenvalue weighted by molar-refractivity contribution is 0.102. The van der Waals surface area contributed by atoms with Gasteiger partial charge < -0.3 is 19.4 Å². The minimum absolute atomic E-state index is 0.162. The number of methoxy groups -OCH3 is 1. The van der Waals surface area contributed by atoms with Crippen LogP contribution in [0.15, 0.2) is 67.0 Å². The molecule has 0 bridgehead atoms. The molecule has 2 aromatic heterocycles. The van der Waals surface area contributed by atoms with E-state index in [1.165, 1.54) is 11.3 Å². The van der Waals surface area contributed by atoms with Gasteiger partial charge in [-0.25, -0.2) is 0 Å². The van der Waals surface area contributed by atoms with Crippen molar-refractivity contribution in [2.45, 2.75) is 20.4 Å². The molecule has 1 N–H and O–H groups in total. The van der Waals surface area contributed by atoms with Crippen molar-refractivity contribution in [3.8, 4) is 11.5 Å². The number of pyridine rings is 1. The average Bonchev–Trinajstić information content (AvgIpc) is 3.02. The Hall–Kier alpha value is -3.64. The van der Waals surface area contributed by atoms with Crippen LogP contribution in [0.3, 0.4) is 0 Å². The summed E-state index contributed by atoms with van der Waals surface area (Å²) in [5, 5.41) is 4.05. The summed E-state index contributed by atoms with van der Waals surface area (Å²) >= 11 is 0. The van der Waals surface area contributed by atoms with E-state index < -0.39 is 0 Å². The van der Waals surface area contributed by atoms with Gasteiger partial charge in [0, 0.05) is 60.0 Å². The molecule has 0 saturated heterocycles. The molecular weight excluding hydrogens is 390 g/mol. The molecule has 4 rings (SSSR count). The SMILES string of the molecule is COCCn1c(C)c(C)c2cc(C(=O)Nc3cccc(Oc4ccncc4)c3)ccc21. The van der Waals surface area contributed by atoms with Gasteiger partial charge in [0.15, 0.2) is 0 Å². The zero-order chi connectivity index (χ0) is 21.8. The predicted octanol–water partition coefficient (Wildman–Crippen LogP) is 5.34. The molecule has 31 heavy (non-hydrogen) atoms. The van der Waals surface area contributed by atoms with Crippen LogP contribution in [0.4, 0.5) is 5.69 Å². The highest BCUT2D eigenvalue weighted by Crippen LogP contribution is 2.27. The fourth-order valence-corrected chi connectivity index (χ4v) is 3.64. The Labute approximate surface area is 181 Å². The van der Waals surface area contributed by atoms with Crippen LogP contribution in [0.5, 0.6) is 11.5 Å². The van der Waals surface area contributed by atoms with Crippen molar-refractivity contribution in [1.82, 2.24) is 9.55 Å². The lowest BCUT2D eigenvalue weighted by atomic mass is 10.1. The molecular formula is C25H25N3O3. The van der Waals surface area contributed by atoms with Gasteiger partial charge >= 0.3 is 0 Å². The van der Waals surface area contributed by atoms with E-state index in [0.29, 0.717) is 29.4 Å². The lowest BCUT2D eigenvalue weighted by Crippen LogP contribution is -2.12. The number of aromatic nitrogens is 2. The summed E-state index contributed by atoms with van der Waals surface area (Å²) in [6.45, 7) is 5.61. The van der Waals surface area contributed by atoms with E-state index in [1.54, 1.807) is 37.7 Å². The Morgan fingerprint density at radius 1 is 1.03 bits per heavy atom. The van der Waals surface area contributed by atoms with Gasteiger partial charge in [0.2, 0.25) is 0 Å². The molecule has 0 spiro atoms. The van der Waals surface area contributed by atoms with Gasteiger partial charge in [0.25, 0.3) is 5.91 Å². The van der Waals surface area contributed by atoms with Gasteiger partial charge in [0.05, 0.1) is 6.61 Å². The topological polar surface area (TPSA) is 65.4 Å². The molecule has 2 heterocycles. The summed E-state index contributed by atoms with van der Waals surface area (Å²) in [6, 6.07) is 16.7. The Morgan fingerprint density at radius 3 is 2.61 bits per heavy atom. The maximum Gasteiger partial charge on any atom is 0.255 e.